The fourth-order valence-corrected chi connectivity index (χ4v) is 3.60. The number of anilines is 2. The number of aryl methyl sites for hydroxylation is 2. The van der Waals surface area contributed by atoms with E-state index in [1.165, 1.54) is 22.5 Å². The molecule has 3 aromatic rings. The first kappa shape index (κ1) is 16.4. The quantitative estimate of drug-likeness (QED) is 0.552. The zero-order chi connectivity index (χ0) is 17.9. The number of nitrogens with one attached hydrogen (secondary N) is 1. The van der Waals surface area contributed by atoms with E-state index in [0.29, 0.717) is 12.1 Å². The molecular weight excluding hydrogens is 324 g/mol. The third-order valence-corrected chi connectivity index (χ3v) is 4.86. The number of amides is 1. The fourth-order valence-electron chi connectivity index (χ4n) is 3.60. The van der Waals surface area contributed by atoms with Gasteiger partial charge in [0.15, 0.2) is 0 Å². The minimum atomic E-state index is -0.497. The standard InChI is InChI=1S/C22H20N2O2/c25-22(23-26)19-9-5-6-16(14-19)15-24-20-10-3-1-7-17(20)12-13-18-8-2-4-11-21(18)24/h1-11,14,26H,12-13,15H2,(H,23,25). The van der Waals surface area contributed by atoms with Gasteiger partial charge in [-0.15, -0.1) is 0 Å². The molecule has 4 nitrogen and oxygen atoms in total. The van der Waals surface area contributed by atoms with Gasteiger partial charge in [0.1, 0.15) is 0 Å². The van der Waals surface area contributed by atoms with Gasteiger partial charge in [0.25, 0.3) is 5.91 Å². The SMILES string of the molecule is O=C(NO)c1cccc(CN2c3ccccc3CCc3ccccc32)c1. The van der Waals surface area contributed by atoms with E-state index in [9.17, 15) is 4.79 Å². The number of rotatable bonds is 3. The molecule has 1 heterocycles. The number of carbonyl (C=O) groups is 1. The van der Waals surface area contributed by atoms with Crippen LogP contribution in [0.25, 0.3) is 0 Å². The lowest BCUT2D eigenvalue weighted by atomic mass is 10.0. The Bertz CT molecular complexity index is 905. The van der Waals surface area contributed by atoms with Crippen LogP contribution in [0.15, 0.2) is 72.8 Å². The van der Waals surface area contributed by atoms with Crippen LogP contribution in [0.5, 0.6) is 0 Å². The highest BCUT2D eigenvalue weighted by atomic mass is 16.5. The van der Waals surface area contributed by atoms with Crippen LogP contribution in [0.3, 0.4) is 0 Å². The van der Waals surface area contributed by atoms with Crippen molar-refractivity contribution in [2.75, 3.05) is 4.90 Å². The average molecular weight is 344 g/mol. The molecule has 0 unspecified atom stereocenters. The molecule has 26 heavy (non-hydrogen) atoms. The van der Waals surface area contributed by atoms with E-state index in [0.717, 1.165) is 18.4 Å². The van der Waals surface area contributed by atoms with Gasteiger partial charge in [0, 0.05) is 23.5 Å². The summed E-state index contributed by atoms with van der Waals surface area (Å²) in [6.45, 7) is 0.653. The zero-order valence-corrected chi connectivity index (χ0v) is 14.4. The van der Waals surface area contributed by atoms with Gasteiger partial charge in [0.05, 0.1) is 0 Å². The van der Waals surface area contributed by atoms with Crippen LogP contribution >= 0.6 is 0 Å². The second-order valence-electron chi connectivity index (χ2n) is 6.48. The molecule has 0 saturated heterocycles. The Kier molecular flexibility index (Phi) is 4.42. The Morgan fingerprint density at radius 1 is 0.885 bits per heavy atom. The second kappa shape index (κ2) is 7.02. The Hall–Kier alpha value is -3.11. The van der Waals surface area contributed by atoms with E-state index < -0.39 is 5.91 Å². The summed E-state index contributed by atoms with van der Waals surface area (Å²) in [5, 5.41) is 8.89. The number of hydrogen-bond donors (Lipinski definition) is 2. The first-order valence-corrected chi connectivity index (χ1v) is 8.73. The maximum absolute atomic E-state index is 11.7. The molecule has 3 aromatic carbocycles. The molecule has 0 saturated carbocycles. The number of hydrogen-bond acceptors (Lipinski definition) is 3. The van der Waals surface area contributed by atoms with Crippen molar-refractivity contribution in [2.45, 2.75) is 19.4 Å². The van der Waals surface area contributed by atoms with Crippen LogP contribution < -0.4 is 10.4 Å². The molecule has 0 aliphatic carbocycles. The van der Waals surface area contributed by atoms with Crippen molar-refractivity contribution < 1.29 is 10.0 Å². The van der Waals surface area contributed by atoms with Crippen LogP contribution in [0.2, 0.25) is 0 Å². The Labute approximate surface area is 152 Å². The van der Waals surface area contributed by atoms with Crippen LogP contribution in [0.4, 0.5) is 11.4 Å². The Morgan fingerprint density at radius 2 is 1.50 bits per heavy atom. The van der Waals surface area contributed by atoms with Crippen molar-refractivity contribution in [1.82, 2.24) is 5.48 Å². The average Bonchev–Trinajstić information content (AvgIpc) is 2.85. The Balaban J connectivity index is 1.77. The first-order chi connectivity index (χ1) is 12.8. The van der Waals surface area contributed by atoms with Gasteiger partial charge in [-0.05, 0) is 53.8 Å². The normalized spacial score (nSPS) is 12.7. The van der Waals surface area contributed by atoms with Crippen LogP contribution in [-0.2, 0) is 19.4 Å². The first-order valence-electron chi connectivity index (χ1n) is 8.73. The second-order valence-corrected chi connectivity index (χ2v) is 6.48. The molecule has 0 radical (unpaired) electrons. The highest BCUT2D eigenvalue weighted by Crippen LogP contribution is 2.37. The Morgan fingerprint density at radius 3 is 2.12 bits per heavy atom. The summed E-state index contributed by atoms with van der Waals surface area (Å²) < 4.78 is 0. The largest absolute Gasteiger partial charge is 0.337 e. The summed E-state index contributed by atoms with van der Waals surface area (Å²) in [5.74, 6) is -0.497. The van der Waals surface area contributed by atoms with Gasteiger partial charge in [0.2, 0.25) is 0 Å². The molecule has 0 atom stereocenters. The predicted octanol–water partition coefficient (Wildman–Crippen LogP) is 4.24. The number of nitrogens with zero attached hydrogens (tertiary/aromatic N) is 1. The summed E-state index contributed by atoms with van der Waals surface area (Å²) in [5.41, 5.74) is 8.22. The van der Waals surface area contributed by atoms with E-state index >= 15 is 0 Å². The van der Waals surface area contributed by atoms with Gasteiger partial charge in [-0.25, -0.2) is 5.48 Å². The number of carbonyl (C=O) groups excluding carboxylic acids is 1. The molecule has 1 aliphatic rings. The lowest BCUT2D eigenvalue weighted by Crippen LogP contribution is -2.20. The van der Waals surface area contributed by atoms with Gasteiger partial charge in [-0.2, -0.15) is 0 Å². The summed E-state index contributed by atoms with van der Waals surface area (Å²) in [4.78, 5) is 14.0. The maximum atomic E-state index is 11.7. The molecule has 0 fully saturated rings. The molecule has 0 aromatic heterocycles. The van der Waals surface area contributed by atoms with E-state index in [-0.39, 0.29) is 0 Å². The monoisotopic (exact) mass is 344 g/mol. The summed E-state index contributed by atoms with van der Waals surface area (Å²) in [6, 6.07) is 24.3. The molecular formula is C22H20N2O2. The summed E-state index contributed by atoms with van der Waals surface area (Å²) in [7, 11) is 0. The molecule has 1 amide bonds. The van der Waals surface area contributed by atoms with Crippen molar-refractivity contribution in [1.29, 1.82) is 0 Å². The predicted molar refractivity (Wildman–Crippen MR) is 102 cm³/mol. The van der Waals surface area contributed by atoms with Crippen molar-refractivity contribution >= 4 is 17.3 Å². The van der Waals surface area contributed by atoms with Crippen LogP contribution in [0, 0.1) is 0 Å². The van der Waals surface area contributed by atoms with Crippen molar-refractivity contribution in [3.05, 3.63) is 95.1 Å². The summed E-state index contributed by atoms with van der Waals surface area (Å²) in [6.07, 6.45) is 2.02. The molecule has 4 heteroatoms. The number of benzene rings is 3. The third-order valence-electron chi connectivity index (χ3n) is 4.86. The van der Waals surface area contributed by atoms with Crippen molar-refractivity contribution in [2.24, 2.45) is 0 Å². The fraction of sp³-hybridized carbons (Fsp3) is 0.136. The lowest BCUT2D eigenvalue weighted by molar-refractivity contribution is 0.0706. The highest BCUT2D eigenvalue weighted by molar-refractivity contribution is 5.93. The van der Waals surface area contributed by atoms with Crippen molar-refractivity contribution in [3.8, 4) is 0 Å². The smallest absolute Gasteiger partial charge is 0.274 e. The molecule has 2 N–H and O–H groups in total. The molecule has 1 aliphatic heterocycles. The number of fused-ring (bicyclic) bond motifs is 2. The minimum Gasteiger partial charge on any atom is -0.337 e. The number of para-hydroxylation sites is 2. The van der Waals surface area contributed by atoms with E-state index in [1.54, 1.807) is 11.5 Å². The summed E-state index contributed by atoms with van der Waals surface area (Å²) >= 11 is 0. The topological polar surface area (TPSA) is 52.6 Å². The molecule has 130 valence electrons. The van der Waals surface area contributed by atoms with E-state index in [4.69, 9.17) is 5.21 Å². The lowest BCUT2D eigenvalue weighted by Gasteiger charge is -2.27. The van der Waals surface area contributed by atoms with Gasteiger partial charge < -0.3 is 4.90 Å². The van der Waals surface area contributed by atoms with Gasteiger partial charge in [-0.1, -0.05) is 48.5 Å². The van der Waals surface area contributed by atoms with Crippen LogP contribution in [-0.4, -0.2) is 11.1 Å². The zero-order valence-electron chi connectivity index (χ0n) is 14.4. The van der Waals surface area contributed by atoms with Gasteiger partial charge in [-0.3, -0.25) is 10.0 Å². The highest BCUT2D eigenvalue weighted by Gasteiger charge is 2.20. The minimum absolute atomic E-state index is 0.446. The van der Waals surface area contributed by atoms with Gasteiger partial charge >= 0.3 is 0 Å². The molecule has 4 rings (SSSR count). The maximum Gasteiger partial charge on any atom is 0.274 e. The van der Waals surface area contributed by atoms with E-state index in [1.807, 2.05) is 18.2 Å². The number of hydroxylamine groups is 1. The third kappa shape index (κ3) is 3.07. The van der Waals surface area contributed by atoms with Crippen molar-refractivity contribution in [3.63, 3.8) is 0 Å². The molecule has 0 bridgehead atoms. The molecule has 0 spiro atoms. The van der Waals surface area contributed by atoms with E-state index in [2.05, 4.69) is 53.4 Å². The van der Waals surface area contributed by atoms with Crippen LogP contribution in [0.1, 0.15) is 27.0 Å².